The van der Waals surface area contributed by atoms with Gasteiger partial charge in [-0.1, -0.05) is 18.2 Å². The van der Waals surface area contributed by atoms with Crippen molar-refractivity contribution in [3.05, 3.63) is 47.7 Å². The van der Waals surface area contributed by atoms with Crippen LogP contribution < -0.4 is 10.2 Å². The number of ether oxygens (including phenoxy) is 1. The van der Waals surface area contributed by atoms with E-state index >= 15 is 0 Å². The lowest BCUT2D eigenvalue weighted by Gasteiger charge is -2.33. The molecule has 0 aromatic heterocycles. The van der Waals surface area contributed by atoms with Gasteiger partial charge < -0.3 is 9.64 Å². The van der Waals surface area contributed by atoms with Crippen LogP contribution in [0.3, 0.4) is 0 Å². The van der Waals surface area contributed by atoms with Crippen molar-refractivity contribution in [1.82, 2.24) is 10.2 Å². The van der Waals surface area contributed by atoms with Gasteiger partial charge in [-0.05, 0) is 45.4 Å². The van der Waals surface area contributed by atoms with Gasteiger partial charge in [0.05, 0.1) is 5.69 Å². The number of fused-ring (bicyclic) bond motifs is 1. The summed E-state index contributed by atoms with van der Waals surface area (Å²) in [6.07, 6.45) is 6.02. The molecule has 2 heterocycles. The molecule has 8 nitrogen and oxygen atoms in total. The molecule has 4 amide bonds. The average Bonchev–Trinajstić information content (AvgIpc) is 2.76. The number of benzene rings is 1. The molecule has 0 saturated heterocycles. The number of hydrogen-bond donors (Lipinski definition) is 1. The van der Waals surface area contributed by atoms with Gasteiger partial charge in [-0.15, -0.1) is 0 Å². The second kappa shape index (κ2) is 7.44. The number of esters is 1. The number of imide groups is 1. The van der Waals surface area contributed by atoms with E-state index in [1.165, 1.54) is 22.1 Å². The minimum Gasteiger partial charge on any atom is -0.457 e. The van der Waals surface area contributed by atoms with Gasteiger partial charge in [0.25, 0.3) is 5.91 Å². The molecular weight excluding hydrogens is 386 g/mol. The van der Waals surface area contributed by atoms with Crippen LogP contribution in [0.5, 0.6) is 0 Å². The van der Waals surface area contributed by atoms with Crippen LogP contribution in [0.4, 0.5) is 10.5 Å². The molecule has 0 bridgehead atoms. The first-order chi connectivity index (χ1) is 13.9. The predicted molar refractivity (Wildman–Crippen MR) is 111 cm³/mol. The summed E-state index contributed by atoms with van der Waals surface area (Å²) in [5.74, 6) is -1.20. The number of nitrogens with one attached hydrogen (secondary N) is 1. The van der Waals surface area contributed by atoms with E-state index in [0.29, 0.717) is 16.8 Å². The van der Waals surface area contributed by atoms with E-state index in [-0.39, 0.29) is 12.3 Å². The molecule has 0 saturated carbocycles. The summed E-state index contributed by atoms with van der Waals surface area (Å²) in [6, 6.07) is 4.62. The Labute approximate surface area is 175 Å². The molecule has 2 aliphatic heterocycles. The summed E-state index contributed by atoms with van der Waals surface area (Å²) in [7, 11) is 1.62. The first-order valence-corrected chi connectivity index (χ1v) is 9.57. The van der Waals surface area contributed by atoms with Crippen LogP contribution in [-0.4, -0.2) is 41.4 Å². The molecule has 158 valence electrons. The zero-order valence-electron chi connectivity index (χ0n) is 17.7. The van der Waals surface area contributed by atoms with E-state index in [0.717, 1.165) is 0 Å². The van der Waals surface area contributed by atoms with Gasteiger partial charge in [0, 0.05) is 31.3 Å². The Bertz CT molecular complexity index is 989. The number of carbonyl (C=O) groups is 4. The number of carbonyl (C=O) groups excluding carboxylic acids is 4. The minimum atomic E-state index is -1.30. The van der Waals surface area contributed by atoms with Gasteiger partial charge in [-0.2, -0.15) is 0 Å². The van der Waals surface area contributed by atoms with Crippen molar-refractivity contribution in [2.24, 2.45) is 0 Å². The van der Waals surface area contributed by atoms with Crippen molar-refractivity contribution in [3.8, 4) is 0 Å². The second-order valence-electron chi connectivity index (χ2n) is 8.39. The van der Waals surface area contributed by atoms with Crippen molar-refractivity contribution in [1.29, 1.82) is 0 Å². The normalized spacial score (nSPS) is 21.7. The van der Waals surface area contributed by atoms with Gasteiger partial charge in [0.1, 0.15) is 5.60 Å². The number of amides is 4. The Balaban J connectivity index is 1.95. The van der Waals surface area contributed by atoms with Gasteiger partial charge in [-0.25, -0.2) is 9.59 Å². The number of urea groups is 1. The molecule has 1 aromatic rings. The van der Waals surface area contributed by atoms with Crippen LogP contribution in [0.25, 0.3) is 6.08 Å². The average molecular weight is 411 g/mol. The summed E-state index contributed by atoms with van der Waals surface area (Å²) in [5, 5.41) is 2.28. The largest absolute Gasteiger partial charge is 0.457 e. The van der Waals surface area contributed by atoms with E-state index < -0.39 is 29.0 Å². The van der Waals surface area contributed by atoms with E-state index in [2.05, 4.69) is 5.32 Å². The predicted octanol–water partition coefficient (Wildman–Crippen LogP) is 2.69. The van der Waals surface area contributed by atoms with Gasteiger partial charge >= 0.3 is 12.0 Å². The molecule has 0 radical (unpaired) electrons. The molecular formula is C22H25N3O5. The van der Waals surface area contributed by atoms with Crippen LogP contribution in [-0.2, 0) is 24.7 Å². The Kier molecular flexibility index (Phi) is 5.28. The zero-order valence-corrected chi connectivity index (χ0v) is 17.7. The number of rotatable bonds is 3. The van der Waals surface area contributed by atoms with E-state index in [1.54, 1.807) is 65.1 Å². The van der Waals surface area contributed by atoms with Gasteiger partial charge in [-0.3, -0.25) is 19.8 Å². The summed E-state index contributed by atoms with van der Waals surface area (Å²) >= 11 is 0. The highest BCUT2D eigenvalue weighted by atomic mass is 16.6. The highest BCUT2D eigenvalue weighted by Gasteiger charge is 2.52. The number of anilines is 1. The number of hydrogen-bond acceptors (Lipinski definition) is 5. The van der Waals surface area contributed by atoms with E-state index in [9.17, 15) is 19.2 Å². The van der Waals surface area contributed by atoms with Crippen molar-refractivity contribution < 1.29 is 23.9 Å². The molecule has 3 rings (SSSR count). The summed E-state index contributed by atoms with van der Waals surface area (Å²) < 4.78 is 5.26. The highest BCUT2D eigenvalue weighted by molar-refractivity contribution is 6.10. The van der Waals surface area contributed by atoms with Crippen LogP contribution in [0.1, 0.15) is 45.2 Å². The van der Waals surface area contributed by atoms with Crippen molar-refractivity contribution in [2.75, 3.05) is 11.9 Å². The van der Waals surface area contributed by atoms with Crippen molar-refractivity contribution in [3.63, 3.8) is 0 Å². The van der Waals surface area contributed by atoms with Gasteiger partial charge in [0.15, 0.2) is 5.54 Å². The molecule has 1 unspecified atom stereocenters. The van der Waals surface area contributed by atoms with E-state index in [4.69, 9.17) is 4.74 Å². The number of likely N-dealkylation sites (N-methyl/N-ethyl adjacent to an activating group) is 1. The molecule has 1 aromatic carbocycles. The Morgan fingerprint density at radius 3 is 2.60 bits per heavy atom. The highest BCUT2D eigenvalue weighted by Crippen LogP contribution is 2.44. The maximum atomic E-state index is 13.1. The summed E-state index contributed by atoms with van der Waals surface area (Å²) in [6.45, 7) is 7.01. The third kappa shape index (κ3) is 3.85. The first-order valence-electron chi connectivity index (χ1n) is 9.57. The fourth-order valence-electron chi connectivity index (χ4n) is 3.54. The zero-order chi connectivity index (χ0) is 22.3. The summed E-state index contributed by atoms with van der Waals surface area (Å²) in [5.41, 5.74) is 0.0535. The Morgan fingerprint density at radius 1 is 1.23 bits per heavy atom. The van der Waals surface area contributed by atoms with E-state index in [1.807, 2.05) is 0 Å². The fourth-order valence-corrected chi connectivity index (χ4v) is 3.54. The van der Waals surface area contributed by atoms with Gasteiger partial charge in [0.2, 0.25) is 5.91 Å². The monoisotopic (exact) mass is 411 g/mol. The molecule has 30 heavy (non-hydrogen) atoms. The quantitative estimate of drug-likeness (QED) is 0.609. The lowest BCUT2D eigenvalue weighted by Crippen LogP contribution is -2.53. The maximum Gasteiger partial charge on any atom is 0.331 e. The number of nitrogens with zero attached hydrogens (tertiary/aromatic N) is 2. The molecule has 1 N–H and O–H groups in total. The van der Waals surface area contributed by atoms with Crippen molar-refractivity contribution in [2.45, 2.75) is 45.3 Å². The third-order valence-electron chi connectivity index (χ3n) is 4.95. The van der Waals surface area contributed by atoms with Crippen LogP contribution in [0.15, 0.2) is 36.6 Å². The molecule has 8 heteroatoms. The molecule has 0 aliphatic carbocycles. The standard InChI is InChI=1S/C22H25N3O5/c1-21(2,3)30-18(27)11-9-14-8-10-15-16(13-14)24(5)19(28)22(15,4)25-12-6-7-17(26)23-20(25)29/h6,8-13H,7H2,1-5H3,(H,23,26,29)/b11-9+. The topological polar surface area (TPSA) is 96.0 Å². The lowest BCUT2D eigenvalue weighted by atomic mass is 9.91. The Morgan fingerprint density at radius 2 is 1.93 bits per heavy atom. The molecule has 1 atom stereocenters. The summed E-state index contributed by atoms with van der Waals surface area (Å²) in [4.78, 5) is 52.0. The molecule has 2 aliphatic rings. The Hall–Kier alpha value is -3.42. The maximum absolute atomic E-state index is 13.1. The van der Waals surface area contributed by atoms with Crippen LogP contribution in [0.2, 0.25) is 0 Å². The molecule has 0 spiro atoms. The van der Waals surface area contributed by atoms with Crippen LogP contribution >= 0.6 is 0 Å². The first kappa shape index (κ1) is 21.3. The van der Waals surface area contributed by atoms with Crippen molar-refractivity contribution >= 4 is 35.6 Å². The molecule has 0 fully saturated rings. The lowest BCUT2D eigenvalue weighted by molar-refractivity contribution is -0.148. The SMILES string of the molecule is CN1C(=O)C(C)(N2C=CCC(=O)NC2=O)c2ccc(/C=C/C(=O)OC(C)(C)C)cc21. The smallest absolute Gasteiger partial charge is 0.331 e. The second-order valence-corrected chi connectivity index (χ2v) is 8.39. The minimum absolute atomic E-state index is 0.0591. The fraction of sp³-hybridized carbons (Fsp3) is 0.364. The third-order valence-corrected chi connectivity index (χ3v) is 4.95. The van der Waals surface area contributed by atoms with Crippen LogP contribution in [0, 0.1) is 0 Å².